The Balaban J connectivity index is 1.78. The van der Waals surface area contributed by atoms with Crippen LogP contribution in [-0.2, 0) is 17.5 Å². The van der Waals surface area contributed by atoms with E-state index in [4.69, 9.17) is 21.1 Å². The van der Waals surface area contributed by atoms with Crippen LogP contribution in [0.2, 0.25) is 5.02 Å². The number of hydrogen-bond acceptors (Lipinski definition) is 5. The molecule has 0 spiro atoms. The van der Waals surface area contributed by atoms with Crippen molar-refractivity contribution in [3.8, 4) is 5.75 Å². The minimum atomic E-state index is -4.56. The molecule has 1 aliphatic carbocycles. The molecule has 1 aromatic heterocycles. The predicted octanol–water partition coefficient (Wildman–Crippen LogP) is 6.75. The number of ether oxygens (including phenoxy) is 2. The molecule has 0 aliphatic heterocycles. The molecule has 5 nitrogen and oxygen atoms in total. The van der Waals surface area contributed by atoms with Crippen LogP contribution in [0.5, 0.6) is 5.75 Å². The monoisotopic (exact) mass is 506 g/mol. The van der Waals surface area contributed by atoms with Crippen molar-refractivity contribution in [3.05, 3.63) is 87.7 Å². The van der Waals surface area contributed by atoms with Crippen molar-refractivity contribution in [2.45, 2.75) is 32.0 Å². The highest BCUT2D eigenvalue weighted by molar-refractivity contribution is 6.31. The molecule has 4 rings (SSSR count). The van der Waals surface area contributed by atoms with Crippen LogP contribution < -0.4 is 4.74 Å². The lowest BCUT2D eigenvalue weighted by atomic mass is 9.97. The number of aromatic nitrogens is 2. The summed E-state index contributed by atoms with van der Waals surface area (Å²) in [6.07, 6.45) is -0.149. The standard InChI is InChI=1S/C25H19ClF4N2O3/c1-34-24(33)22-12-31-11-21(32-22)18-4-2-3-17(18)19-9-15(25(28,29)30)6-8-23(19)35-13-14-5-7-16(27)10-20(14)26/h5-12H,2-4,13H2,1H3. The second-order valence-corrected chi connectivity index (χ2v) is 8.23. The Kier molecular flexibility index (Phi) is 7.07. The van der Waals surface area contributed by atoms with Crippen molar-refractivity contribution in [1.29, 1.82) is 0 Å². The van der Waals surface area contributed by atoms with Gasteiger partial charge in [0.2, 0.25) is 0 Å². The molecule has 0 atom stereocenters. The summed E-state index contributed by atoms with van der Waals surface area (Å²) < 4.78 is 64.6. The molecule has 10 heteroatoms. The number of carbonyl (C=O) groups is 1. The van der Waals surface area contributed by atoms with Gasteiger partial charge in [0.05, 0.1) is 35.8 Å². The van der Waals surface area contributed by atoms with E-state index in [9.17, 15) is 22.4 Å². The average Bonchev–Trinajstić information content (AvgIpc) is 3.32. The van der Waals surface area contributed by atoms with Gasteiger partial charge in [-0.2, -0.15) is 13.2 Å². The largest absolute Gasteiger partial charge is 0.488 e. The molecule has 0 radical (unpaired) electrons. The van der Waals surface area contributed by atoms with Crippen LogP contribution in [0.4, 0.5) is 17.6 Å². The van der Waals surface area contributed by atoms with Crippen molar-refractivity contribution in [2.24, 2.45) is 0 Å². The third-order valence-electron chi connectivity index (χ3n) is 5.59. The van der Waals surface area contributed by atoms with Crippen LogP contribution in [0.25, 0.3) is 11.1 Å². The first-order chi connectivity index (χ1) is 16.7. The molecule has 182 valence electrons. The normalized spacial score (nSPS) is 13.8. The highest BCUT2D eigenvalue weighted by Crippen LogP contribution is 2.44. The molecule has 3 aromatic rings. The third kappa shape index (κ3) is 5.45. The van der Waals surface area contributed by atoms with E-state index in [-0.39, 0.29) is 28.6 Å². The van der Waals surface area contributed by atoms with Gasteiger partial charge in [-0.1, -0.05) is 17.7 Å². The maximum absolute atomic E-state index is 13.5. The second-order valence-electron chi connectivity index (χ2n) is 7.82. The number of carbonyl (C=O) groups excluding carboxylic acids is 1. The molecule has 1 aliphatic rings. The first kappa shape index (κ1) is 24.7. The van der Waals surface area contributed by atoms with E-state index in [0.717, 1.165) is 18.2 Å². The Labute approximate surface area is 203 Å². The molecule has 0 N–H and O–H groups in total. The number of esters is 1. The van der Waals surface area contributed by atoms with Crippen molar-refractivity contribution in [3.63, 3.8) is 0 Å². The smallest absolute Gasteiger partial charge is 0.416 e. The number of halogens is 5. The van der Waals surface area contributed by atoms with Crippen molar-refractivity contribution in [1.82, 2.24) is 9.97 Å². The van der Waals surface area contributed by atoms with E-state index in [2.05, 4.69) is 9.97 Å². The Morgan fingerprint density at radius 3 is 2.57 bits per heavy atom. The molecular formula is C25H19ClF4N2O3. The predicted molar refractivity (Wildman–Crippen MR) is 121 cm³/mol. The van der Waals surface area contributed by atoms with E-state index in [1.165, 1.54) is 37.7 Å². The molecule has 1 heterocycles. The quantitative estimate of drug-likeness (QED) is 0.273. The number of allylic oxidation sites excluding steroid dienone is 2. The van der Waals surface area contributed by atoms with Gasteiger partial charge in [0.15, 0.2) is 5.69 Å². The van der Waals surface area contributed by atoms with E-state index in [0.29, 0.717) is 41.7 Å². The number of hydrogen-bond donors (Lipinski definition) is 0. The highest BCUT2D eigenvalue weighted by Gasteiger charge is 2.32. The summed E-state index contributed by atoms with van der Waals surface area (Å²) in [6, 6.07) is 7.06. The molecule has 0 saturated carbocycles. The van der Waals surface area contributed by atoms with Crippen LogP contribution >= 0.6 is 11.6 Å². The zero-order valence-corrected chi connectivity index (χ0v) is 19.2. The summed E-state index contributed by atoms with van der Waals surface area (Å²) in [6.45, 7) is -0.0717. The van der Waals surface area contributed by atoms with Crippen LogP contribution in [0.15, 0.2) is 48.8 Å². The van der Waals surface area contributed by atoms with Gasteiger partial charge in [-0.25, -0.2) is 14.2 Å². The van der Waals surface area contributed by atoms with Crippen LogP contribution in [0, 0.1) is 5.82 Å². The van der Waals surface area contributed by atoms with Crippen LogP contribution in [0.1, 0.15) is 52.1 Å². The molecule has 0 unspecified atom stereocenters. The zero-order valence-electron chi connectivity index (χ0n) is 18.5. The van der Waals surface area contributed by atoms with Gasteiger partial charge in [-0.05, 0) is 60.7 Å². The van der Waals surface area contributed by atoms with Gasteiger partial charge in [-0.15, -0.1) is 0 Å². The highest BCUT2D eigenvalue weighted by atomic mass is 35.5. The van der Waals surface area contributed by atoms with E-state index in [1.807, 2.05) is 0 Å². The van der Waals surface area contributed by atoms with Gasteiger partial charge in [0.1, 0.15) is 18.2 Å². The number of rotatable bonds is 6. The molecule has 0 fully saturated rings. The van der Waals surface area contributed by atoms with Crippen molar-refractivity contribution < 1.29 is 31.8 Å². The fourth-order valence-corrected chi connectivity index (χ4v) is 4.12. The second kappa shape index (κ2) is 10.0. The van der Waals surface area contributed by atoms with E-state index < -0.39 is 23.5 Å². The average molecular weight is 507 g/mol. The maximum Gasteiger partial charge on any atom is 0.416 e. The minimum absolute atomic E-state index is 0.00443. The van der Waals surface area contributed by atoms with Crippen molar-refractivity contribution in [2.75, 3.05) is 7.11 Å². The maximum atomic E-state index is 13.5. The minimum Gasteiger partial charge on any atom is -0.488 e. The Morgan fingerprint density at radius 1 is 1.09 bits per heavy atom. The Hall–Kier alpha value is -3.46. The van der Waals surface area contributed by atoms with Gasteiger partial charge >= 0.3 is 12.1 Å². The summed E-state index contributed by atoms with van der Waals surface area (Å²) in [4.78, 5) is 20.2. The first-order valence-electron chi connectivity index (χ1n) is 10.6. The molecular weight excluding hydrogens is 488 g/mol. The molecule has 0 bridgehead atoms. The fraction of sp³-hybridized carbons (Fsp3) is 0.240. The van der Waals surface area contributed by atoms with Crippen molar-refractivity contribution >= 4 is 28.7 Å². The van der Waals surface area contributed by atoms with Gasteiger partial charge in [-0.3, -0.25) is 4.98 Å². The number of nitrogens with zero attached hydrogens (tertiary/aromatic N) is 2. The summed E-state index contributed by atoms with van der Waals surface area (Å²) >= 11 is 6.07. The molecule has 35 heavy (non-hydrogen) atoms. The fourth-order valence-electron chi connectivity index (χ4n) is 3.90. The van der Waals surface area contributed by atoms with Gasteiger partial charge < -0.3 is 9.47 Å². The SMILES string of the molecule is COC(=O)c1cncc(C2=C(c3cc(C(F)(F)F)ccc3OCc3ccc(F)cc3Cl)CCC2)n1. The first-order valence-corrected chi connectivity index (χ1v) is 11.0. The molecule has 0 saturated heterocycles. The number of alkyl halides is 3. The van der Waals surface area contributed by atoms with Crippen LogP contribution in [-0.4, -0.2) is 23.0 Å². The number of methoxy groups -OCH3 is 1. The summed E-state index contributed by atoms with van der Waals surface area (Å²) in [7, 11) is 1.22. The lowest BCUT2D eigenvalue weighted by molar-refractivity contribution is -0.137. The van der Waals surface area contributed by atoms with E-state index >= 15 is 0 Å². The zero-order chi connectivity index (χ0) is 25.2. The Bertz CT molecular complexity index is 1310. The van der Waals surface area contributed by atoms with E-state index in [1.54, 1.807) is 0 Å². The number of benzene rings is 2. The van der Waals surface area contributed by atoms with Gasteiger partial charge in [0, 0.05) is 11.1 Å². The van der Waals surface area contributed by atoms with Gasteiger partial charge in [0.25, 0.3) is 0 Å². The van der Waals surface area contributed by atoms with Crippen LogP contribution in [0.3, 0.4) is 0 Å². The molecule has 0 amide bonds. The molecule has 2 aromatic carbocycles. The summed E-state index contributed by atoms with van der Waals surface area (Å²) in [5, 5.41) is 0.147. The third-order valence-corrected chi connectivity index (χ3v) is 5.94. The Morgan fingerprint density at radius 2 is 1.86 bits per heavy atom. The topological polar surface area (TPSA) is 61.3 Å². The summed E-state index contributed by atoms with van der Waals surface area (Å²) in [5.41, 5.74) is 1.58. The lowest BCUT2D eigenvalue weighted by Gasteiger charge is -2.17. The summed E-state index contributed by atoms with van der Waals surface area (Å²) in [5.74, 6) is -0.964. The lowest BCUT2D eigenvalue weighted by Crippen LogP contribution is -2.08.